The van der Waals surface area contributed by atoms with Crippen LogP contribution in [0.5, 0.6) is 0 Å². The molecule has 1 aliphatic heterocycles. The third kappa shape index (κ3) is 3.04. The summed E-state index contributed by atoms with van der Waals surface area (Å²) >= 11 is 0. The zero-order valence-corrected chi connectivity index (χ0v) is 11.7. The number of carbonyl (C=O) groups excluding carboxylic acids is 1. The molecule has 1 saturated carbocycles. The Hall–Kier alpha value is -0.610. The molecule has 0 spiro atoms. The maximum Gasteiger partial charge on any atom is 0.324 e. The maximum absolute atomic E-state index is 11.8. The summed E-state index contributed by atoms with van der Waals surface area (Å²) in [5, 5.41) is 3.09. The van der Waals surface area contributed by atoms with Crippen LogP contribution in [0, 0.1) is 5.92 Å². The van der Waals surface area contributed by atoms with E-state index in [-0.39, 0.29) is 12.0 Å². The predicted molar refractivity (Wildman–Crippen MR) is 71.4 cm³/mol. The number of likely N-dealkylation sites (tertiary alicyclic amines) is 1. The average molecular weight is 254 g/mol. The first-order chi connectivity index (χ1) is 8.76. The number of carbonyl (C=O) groups is 1. The van der Waals surface area contributed by atoms with Crippen molar-refractivity contribution in [2.75, 3.05) is 26.7 Å². The van der Waals surface area contributed by atoms with Gasteiger partial charge in [-0.05, 0) is 45.7 Å². The lowest BCUT2D eigenvalue weighted by atomic mass is 9.85. The molecule has 18 heavy (non-hydrogen) atoms. The molecule has 0 amide bonds. The van der Waals surface area contributed by atoms with Crippen LogP contribution < -0.4 is 5.32 Å². The molecule has 1 heterocycles. The number of likely N-dealkylation sites (N-methyl/N-ethyl adjacent to an activating group) is 1. The van der Waals surface area contributed by atoms with E-state index >= 15 is 0 Å². The molecule has 2 aliphatic rings. The highest BCUT2D eigenvalue weighted by Crippen LogP contribution is 2.35. The number of esters is 1. The van der Waals surface area contributed by atoms with Crippen molar-refractivity contribution in [3.05, 3.63) is 0 Å². The van der Waals surface area contributed by atoms with E-state index in [9.17, 15) is 4.79 Å². The van der Waals surface area contributed by atoms with E-state index < -0.39 is 0 Å². The summed E-state index contributed by atoms with van der Waals surface area (Å²) in [5.41, 5.74) is 0. The van der Waals surface area contributed by atoms with Gasteiger partial charge >= 0.3 is 5.97 Å². The Kier molecular flexibility index (Phi) is 5.01. The van der Waals surface area contributed by atoms with Gasteiger partial charge in [0, 0.05) is 12.6 Å². The van der Waals surface area contributed by atoms with Crippen LogP contribution in [0.1, 0.15) is 39.0 Å². The van der Waals surface area contributed by atoms with Crippen molar-refractivity contribution in [1.82, 2.24) is 10.2 Å². The van der Waals surface area contributed by atoms with E-state index in [1.807, 2.05) is 14.0 Å². The van der Waals surface area contributed by atoms with Crippen LogP contribution in [0.25, 0.3) is 0 Å². The molecule has 2 rings (SSSR count). The number of nitrogens with one attached hydrogen (secondary N) is 1. The summed E-state index contributed by atoms with van der Waals surface area (Å²) in [6.45, 7) is 4.27. The fraction of sp³-hybridized carbons (Fsp3) is 0.929. The molecule has 1 saturated heterocycles. The molecule has 0 aromatic carbocycles. The monoisotopic (exact) mass is 254 g/mol. The summed E-state index contributed by atoms with van der Waals surface area (Å²) in [7, 11) is 1.84. The first kappa shape index (κ1) is 13.8. The van der Waals surface area contributed by atoms with Gasteiger partial charge < -0.3 is 10.1 Å². The Balaban J connectivity index is 1.89. The SMILES string of the molecule is CCOC(=O)C(CN1CCC2CCCCC21)NC. The van der Waals surface area contributed by atoms with Gasteiger partial charge in [0.15, 0.2) is 0 Å². The molecule has 104 valence electrons. The maximum atomic E-state index is 11.8. The zero-order valence-electron chi connectivity index (χ0n) is 11.7. The Morgan fingerprint density at radius 2 is 2.17 bits per heavy atom. The summed E-state index contributed by atoms with van der Waals surface area (Å²) in [4.78, 5) is 14.3. The standard InChI is InChI=1S/C14H26N2O2/c1-3-18-14(17)12(15-2)10-16-9-8-11-6-4-5-7-13(11)16/h11-13,15H,3-10H2,1-2H3. The van der Waals surface area contributed by atoms with Crippen LogP contribution in [0.4, 0.5) is 0 Å². The van der Waals surface area contributed by atoms with E-state index in [0.717, 1.165) is 19.0 Å². The smallest absolute Gasteiger partial charge is 0.324 e. The molecule has 0 radical (unpaired) electrons. The van der Waals surface area contributed by atoms with Crippen molar-refractivity contribution in [1.29, 1.82) is 0 Å². The molecule has 0 bridgehead atoms. The highest BCUT2D eigenvalue weighted by molar-refractivity contribution is 5.76. The fourth-order valence-corrected chi connectivity index (χ4v) is 3.49. The number of nitrogens with zero attached hydrogens (tertiary/aromatic N) is 1. The highest BCUT2D eigenvalue weighted by atomic mass is 16.5. The second kappa shape index (κ2) is 6.53. The second-order valence-electron chi connectivity index (χ2n) is 5.49. The van der Waals surface area contributed by atoms with E-state index in [1.54, 1.807) is 0 Å². The van der Waals surface area contributed by atoms with Crippen LogP contribution in [-0.2, 0) is 9.53 Å². The van der Waals surface area contributed by atoms with Gasteiger partial charge in [-0.3, -0.25) is 9.69 Å². The average Bonchev–Trinajstić information content (AvgIpc) is 2.79. The van der Waals surface area contributed by atoms with Crippen molar-refractivity contribution < 1.29 is 9.53 Å². The molecular formula is C14H26N2O2. The molecule has 4 nitrogen and oxygen atoms in total. The number of hydrogen-bond acceptors (Lipinski definition) is 4. The van der Waals surface area contributed by atoms with Crippen LogP contribution in [0.3, 0.4) is 0 Å². The summed E-state index contributed by atoms with van der Waals surface area (Å²) < 4.78 is 5.11. The predicted octanol–water partition coefficient (Wildman–Crippen LogP) is 1.40. The van der Waals surface area contributed by atoms with E-state index in [1.165, 1.54) is 32.1 Å². The van der Waals surface area contributed by atoms with Crippen LogP contribution in [0.15, 0.2) is 0 Å². The van der Waals surface area contributed by atoms with Gasteiger partial charge in [0.1, 0.15) is 6.04 Å². The van der Waals surface area contributed by atoms with E-state index in [0.29, 0.717) is 12.6 Å². The Morgan fingerprint density at radius 1 is 1.39 bits per heavy atom. The van der Waals surface area contributed by atoms with Gasteiger partial charge in [0.05, 0.1) is 6.61 Å². The van der Waals surface area contributed by atoms with Crippen LogP contribution >= 0.6 is 0 Å². The lowest BCUT2D eigenvalue weighted by Crippen LogP contribution is -2.48. The molecule has 3 atom stereocenters. The van der Waals surface area contributed by atoms with E-state index in [4.69, 9.17) is 4.74 Å². The molecule has 4 heteroatoms. The Morgan fingerprint density at radius 3 is 2.89 bits per heavy atom. The number of hydrogen-bond donors (Lipinski definition) is 1. The number of ether oxygens (including phenoxy) is 1. The molecule has 3 unspecified atom stereocenters. The highest BCUT2D eigenvalue weighted by Gasteiger charge is 2.37. The van der Waals surface area contributed by atoms with Gasteiger partial charge in [0.25, 0.3) is 0 Å². The minimum absolute atomic E-state index is 0.112. The summed E-state index contributed by atoms with van der Waals surface area (Å²) in [6, 6.07) is 0.537. The third-order valence-corrected chi connectivity index (χ3v) is 4.46. The quantitative estimate of drug-likeness (QED) is 0.753. The van der Waals surface area contributed by atoms with Crippen molar-refractivity contribution in [2.24, 2.45) is 5.92 Å². The number of rotatable bonds is 5. The first-order valence-corrected chi connectivity index (χ1v) is 7.34. The van der Waals surface area contributed by atoms with Crippen molar-refractivity contribution in [3.8, 4) is 0 Å². The molecular weight excluding hydrogens is 228 g/mol. The minimum Gasteiger partial charge on any atom is -0.465 e. The van der Waals surface area contributed by atoms with Gasteiger partial charge in [0.2, 0.25) is 0 Å². The molecule has 0 aromatic rings. The minimum atomic E-state index is -0.175. The third-order valence-electron chi connectivity index (χ3n) is 4.46. The fourth-order valence-electron chi connectivity index (χ4n) is 3.49. The summed E-state index contributed by atoms with van der Waals surface area (Å²) in [5.74, 6) is 0.762. The van der Waals surface area contributed by atoms with Gasteiger partial charge in [-0.1, -0.05) is 12.8 Å². The lowest BCUT2D eigenvalue weighted by Gasteiger charge is -2.33. The van der Waals surface area contributed by atoms with Crippen LogP contribution in [0.2, 0.25) is 0 Å². The number of fused-ring (bicyclic) bond motifs is 1. The largest absolute Gasteiger partial charge is 0.465 e. The van der Waals surface area contributed by atoms with Crippen LogP contribution in [-0.4, -0.2) is 49.7 Å². The van der Waals surface area contributed by atoms with Crippen molar-refractivity contribution >= 4 is 5.97 Å². The van der Waals surface area contributed by atoms with Gasteiger partial charge in [-0.2, -0.15) is 0 Å². The lowest BCUT2D eigenvalue weighted by molar-refractivity contribution is -0.146. The Labute approximate surface area is 110 Å². The molecule has 1 aliphatic carbocycles. The molecule has 1 N–H and O–H groups in total. The van der Waals surface area contributed by atoms with Gasteiger partial charge in [-0.15, -0.1) is 0 Å². The zero-order chi connectivity index (χ0) is 13.0. The summed E-state index contributed by atoms with van der Waals surface area (Å²) in [6.07, 6.45) is 6.74. The topological polar surface area (TPSA) is 41.6 Å². The normalized spacial score (nSPS) is 29.9. The van der Waals surface area contributed by atoms with Crippen molar-refractivity contribution in [3.63, 3.8) is 0 Å². The molecule has 2 fully saturated rings. The second-order valence-corrected chi connectivity index (χ2v) is 5.49. The Bertz CT molecular complexity index is 283. The molecule has 0 aromatic heterocycles. The van der Waals surface area contributed by atoms with Gasteiger partial charge in [-0.25, -0.2) is 0 Å². The van der Waals surface area contributed by atoms with Crippen molar-refractivity contribution in [2.45, 2.75) is 51.1 Å². The van der Waals surface area contributed by atoms with E-state index in [2.05, 4.69) is 10.2 Å². The first-order valence-electron chi connectivity index (χ1n) is 7.34.